The van der Waals surface area contributed by atoms with Crippen LogP contribution < -0.4 is 10.6 Å². The average Bonchev–Trinajstić information content (AvgIpc) is 2.93. The van der Waals surface area contributed by atoms with Gasteiger partial charge in [-0.2, -0.15) is 0 Å². The van der Waals surface area contributed by atoms with Gasteiger partial charge >= 0.3 is 6.03 Å². The van der Waals surface area contributed by atoms with Crippen LogP contribution in [0.4, 0.5) is 4.79 Å². The van der Waals surface area contributed by atoms with Gasteiger partial charge in [0.05, 0.1) is 0 Å². The van der Waals surface area contributed by atoms with Gasteiger partial charge in [-0.25, -0.2) is 4.79 Å². The molecule has 2 spiro atoms. The Morgan fingerprint density at radius 3 is 1.49 bits per heavy atom. The first-order valence-corrected chi connectivity index (χ1v) is 17.8. The first kappa shape index (κ1) is 32.7. The van der Waals surface area contributed by atoms with Gasteiger partial charge in [0, 0.05) is 30.7 Å². The number of piperazine rings is 1. The van der Waals surface area contributed by atoms with Crippen molar-refractivity contribution in [2.75, 3.05) is 19.6 Å². The molecule has 1 aliphatic heterocycles. The van der Waals surface area contributed by atoms with Crippen LogP contribution in [0.2, 0.25) is 0 Å². The Labute approximate surface area is 243 Å². The third-order valence-corrected chi connectivity index (χ3v) is 10.9. The van der Waals surface area contributed by atoms with Crippen LogP contribution in [0.15, 0.2) is 0 Å². The summed E-state index contributed by atoms with van der Waals surface area (Å²) < 4.78 is 0. The molecule has 3 fully saturated rings. The number of urea groups is 1. The van der Waals surface area contributed by atoms with E-state index in [1.807, 2.05) is 0 Å². The molecule has 1 saturated heterocycles. The van der Waals surface area contributed by atoms with Gasteiger partial charge in [0.15, 0.2) is 0 Å². The number of nitrogens with one attached hydrogen (secondary N) is 2. The normalized spacial score (nSPS) is 29.3. The van der Waals surface area contributed by atoms with Crippen molar-refractivity contribution in [3.8, 4) is 0 Å². The number of hydrogen-bond donors (Lipinski definition) is 2. The second kappa shape index (κ2) is 17.9. The smallest absolute Gasteiger partial charge is 0.317 e. The van der Waals surface area contributed by atoms with E-state index in [0.717, 1.165) is 26.1 Å². The minimum absolute atomic E-state index is 0.119. The number of carbonyl (C=O) groups excluding carboxylic acids is 1. The molecule has 39 heavy (non-hydrogen) atoms. The highest BCUT2D eigenvalue weighted by molar-refractivity contribution is 5.74. The van der Waals surface area contributed by atoms with E-state index in [-0.39, 0.29) is 17.1 Å². The van der Waals surface area contributed by atoms with Crippen LogP contribution in [0.3, 0.4) is 0 Å². The summed E-state index contributed by atoms with van der Waals surface area (Å²) >= 11 is 0. The number of unbranched alkanes of at least 4 members (excludes halogenated alkanes) is 15. The molecule has 2 amide bonds. The van der Waals surface area contributed by atoms with Crippen molar-refractivity contribution in [2.45, 2.75) is 186 Å². The standard InChI is InChI=1S/C35H67N3O/c1-4-5-6-7-8-9-10-11-12-13-14-15-16-17-18-23-28-36-33(39)38-29-34(26-21-19-24-31(34)2)37-35(30-38)27-22-20-25-32(35)3/h31-32,37H,4-30H2,1-3H3,(H,36,39). The minimum Gasteiger partial charge on any atom is -0.338 e. The second-order valence-corrected chi connectivity index (χ2v) is 14.1. The number of nitrogens with zero attached hydrogens (tertiary/aromatic N) is 1. The first-order chi connectivity index (χ1) is 19.0. The summed E-state index contributed by atoms with van der Waals surface area (Å²) in [6.07, 6.45) is 32.6. The topological polar surface area (TPSA) is 44.4 Å². The fourth-order valence-corrected chi connectivity index (χ4v) is 8.10. The SMILES string of the molecule is CCCCCCCCCCCCCCCCCCNC(=O)N1CC2(CCCCC2C)NC2(CCCCC2C)C1. The molecule has 3 aliphatic rings. The first-order valence-electron chi connectivity index (χ1n) is 17.8. The quantitative estimate of drug-likeness (QED) is 0.179. The predicted molar refractivity (Wildman–Crippen MR) is 168 cm³/mol. The minimum atomic E-state index is 0.119. The Bertz CT molecular complexity index is 638. The van der Waals surface area contributed by atoms with Crippen LogP contribution in [0, 0.1) is 11.8 Å². The molecular weight excluding hydrogens is 478 g/mol. The number of amides is 2. The maximum Gasteiger partial charge on any atom is 0.317 e. The summed E-state index contributed by atoms with van der Waals surface area (Å²) in [7, 11) is 0. The maximum absolute atomic E-state index is 13.4. The Hall–Kier alpha value is -0.770. The third-order valence-electron chi connectivity index (χ3n) is 10.9. The fourth-order valence-electron chi connectivity index (χ4n) is 8.10. The molecule has 2 aliphatic carbocycles. The van der Waals surface area contributed by atoms with Gasteiger partial charge in [0.1, 0.15) is 0 Å². The van der Waals surface area contributed by atoms with E-state index in [1.54, 1.807) is 0 Å². The number of rotatable bonds is 17. The van der Waals surface area contributed by atoms with Crippen molar-refractivity contribution < 1.29 is 4.79 Å². The molecule has 2 N–H and O–H groups in total. The van der Waals surface area contributed by atoms with Crippen molar-refractivity contribution in [2.24, 2.45) is 11.8 Å². The van der Waals surface area contributed by atoms with Crippen molar-refractivity contribution >= 4 is 6.03 Å². The number of hydrogen-bond acceptors (Lipinski definition) is 2. The molecular formula is C35H67N3O. The van der Waals surface area contributed by atoms with Crippen molar-refractivity contribution in [1.29, 1.82) is 0 Å². The molecule has 0 aromatic heterocycles. The van der Waals surface area contributed by atoms with E-state index in [1.165, 1.54) is 148 Å². The second-order valence-electron chi connectivity index (χ2n) is 14.1. The molecule has 2 saturated carbocycles. The fraction of sp³-hybridized carbons (Fsp3) is 0.971. The van der Waals surface area contributed by atoms with Gasteiger partial charge in [-0.15, -0.1) is 0 Å². The van der Waals surface area contributed by atoms with E-state index < -0.39 is 0 Å². The van der Waals surface area contributed by atoms with Crippen LogP contribution in [0.1, 0.15) is 175 Å². The lowest BCUT2D eigenvalue weighted by Crippen LogP contribution is -2.76. The molecule has 0 radical (unpaired) electrons. The van der Waals surface area contributed by atoms with E-state index in [0.29, 0.717) is 11.8 Å². The van der Waals surface area contributed by atoms with Crippen molar-refractivity contribution in [1.82, 2.24) is 15.5 Å². The lowest BCUT2D eigenvalue weighted by molar-refractivity contribution is -0.0253. The van der Waals surface area contributed by atoms with Gasteiger partial charge in [-0.05, 0) is 43.9 Å². The lowest BCUT2D eigenvalue weighted by Gasteiger charge is -2.60. The molecule has 0 aromatic carbocycles. The monoisotopic (exact) mass is 546 g/mol. The molecule has 228 valence electrons. The summed E-state index contributed by atoms with van der Waals surface area (Å²) in [6, 6.07) is 0.201. The van der Waals surface area contributed by atoms with E-state index in [2.05, 4.69) is 36.3 Å². The van der Waals surface area contributed by atoms with Crippen molar-refractivity contribution in [3.05, 3.63) is 0 Å². The molecule has 4 nitrogen and oxygen atoms in total. The Kier molecular flexibility index (Phi) is 15.0. The number of carbonyl (C=O) groups is 1. The molecule has 4 unspecified atom stereocenters. The Morgan fingerprint density at radius 2 is 1.08 bits per heavy atom. The van der Waals surface area contributed by atoms with Crippen LogP contribution in [-0.2, 0) is 0 Å². The molecule has 1 heterocycles. The van der Waals surface area contributed by atoms with Gasteiger partial charge in [-0.3, -0.25) is 0 Å². The average molecular weight is 546 g/mol. The van der Waals surface area contributed by atoms with Gasteiger partial charge in [0.25, 0.3) is 0 Å². The zero-order valence-corrected chi connectivity index (χ0v) is 26.6. The Morgan fingerprint density at radius 1 is 0.667 bits per heavy atom. The highest BCUT2D eigenvalue weighted by atomic mass is 16.2. The van der Waals surface area contributed by atoms with Crippen LogP contribution in [0.5, 0.6) is 0 Å². The van der Waals surface area contributed by atoms with E-state index in [4.69, 9.17) is 0 Å². The van der Waals surface area contributed by atoms with Gasteiger partial charge < -0.3 is 15.5 Å². The molecule has 0 bridgehead atoms. The largest absolute Gasteiger partial charge is 0.338 e. The third kappa shape index (κ3) is 10.5. The zero-order valence-electron chi connectivity index (χ0n) is 26.6. The molecule has 4 heteroatoms. The maximum atomic E-state index is 13.4. The summed E-state index contributed by atoms with van der Waals surface area (Å²) in [5.74, 6) is 1.29. The zero-order chi connectivity index (χ0) is 27.8. The summed E-state index contributed by atoms with van der Waals surface area (Å²) in [6.45, 7) is 9.80. The molecule has 3 rings (SSSR count). The summed E-state index contributed by atoms with van der Waals surface area (Å²) in [5.41, 5.74) is 0.237. The predicted octanol–water partition coefficient (Wildman–Crippen LogP) is 9.76. The van der Waals surface area contributed by atoms with E-state index in [9.17, 15) is 4.79 Å². The molecule has 0 aromatic rings. The summed E-state index contributed by atoms with van der Waals surface area (Å²) in [4.78, 5) is 15.6. The van der Waals surface area contributed by atoms with Gasteiger partial charge in [0.2, 0.25) is 0 Å². The Balaban J connectivity index is 1.25. The summed E-state index contributed by atoms with van der Waals surface area (Å²) in [5, 5.41) is 7.61. The highest BCUT2D eigenvalue weighted by Gasteiger charge is 2.53. The van der Waals surface area contributed by atoms with Crippen LogP contribution in [-0.4, -0.2) is 41.6 Å². The van der Waals surface area contributed by atoms with Crippen LogP contribution >= 0.6 is 0 Å². The van der Waals surface area contributed by atoms with Gasteiger partial charge in [-0.1, -0.05) is 143 Å². The molecule has 4 atom stereocenters. The lowest BCUT2D eigenvalue weighted by atomic mass is 9.65. The van der Waals surface area contributed by atoms with E-state index >= 15 is 0 Å². The highest BCUT2D eigenvalue weighted by Crippen LogP contribution is 2.44. The van der Waals surface area contributed by atoms with Crippen molar-refractivity contribution in [3.63, 3.8) is 0 Å². The van der Waals surface area contributed by atoms with Crippen LogP contribution in [0.25, 0.3) is 0 Å².